The number of aromatic nitrogens is 2. The summed E-state index contributed by atoms with van der Waals surface area (Å²) in [5, 5.41) is 6.29. The summed E-state index contributed by atoms with van der Waals surface area (Å²) in [4.78, 5) is 23.2. The number of halogens is 4. The first-order chi connectivity index (χ1) is 14.2. The van der Waals surface area contributed by atoms with Crippen molar-refractivity contribution in [3.05, 3.63) is 70.9 Å². The van der Waals surface area contributed by atoms with Gasteiger partial charge in [0, 0.05) is 11.1 Å². The van der Waals surface area contributed by atoms with E-state index in [2.05, 4.69) is 15.2 Å². The molecule has 30 heavy (non-hydrogen) atoms. The predicted octanol–water partition coefficient (Wildman–Crippen LogP) is 4.11. The van der Waals surface area contributed by atoms with Crippen LogP contribution in [0.15, 0.2) is 54.6 Å². The lowest BCUT2D eigenvalue weighted by Crippen LogP contribution is -2.30. The second-order valence-corrected chi connectivity index (χ2v) is 6.52. The highest BCUT2D eigenvalue weighted by Crippen LogP contribution is 2.34. The van der Waals surface area contributed by atoms with Gasteiger partial charge in [-0.25, -0.2) is 4.68 Å². The van der Waals surface area contributed by atoms with Gasteiger partial charge in [-0.15, -0.1) is 0 Å². The minimum absolute atomic E-state index is 0.150. The molecule has 1 heterocycles. The van der Waals surface area contributed by atoms with Crippen LogP contribution in [0.4, 0.5) is 13.2 Å². The monoisotopic (exact) mass is 437 g/mol. The topological polar surface area (TPSA) is 73.2 Å². The van der Waals surface area contributed by atoms with Gasteiger partial charge in [-0.2, -0.15) is 18.3 Å². The number of nitrogens with one attached hydrogen (secondary N) is 1. The van der Waals surface area contributed by atoms with Crippen LogP contribution in [0.5, 0.6) is 0 Å². The summed E-state index contributed by atoms with van der Waals surface area (Å²) in [5.41, 5.74) is -0.0243. The van der Waals surface area contributed by atoms with E-state index >= 15 is 0 Å². The molecule has 0 atom stereocenters. The first-order valence-corrected chi connectivity index (χ1v) is 8.96. The fourth-order valence-electron chi connectivity index (χ4n) is 2.65. The summed E-state index contributed by atoms with van der Waals surface area (Å²) in [7, 11) is 1.20. The molecule has 10 heteroatoms. The number of ether oxygens (including phenoxy) is 1. The Balaban J connectivity index is 1.97. The number of esters is 1. The Hall–Kier alpha value is -3.33. The summed E-state index contributed by atoms with van der Waals surface area (Å²) >= 11 is 6.15. The summed E-state index contributed by atoms with van der Waals surface area (Å²) in [6.45, 7) is -0.300. The number of hydrogen-bond donors (Lipinski definition) is 1. The fraction of sp³-hybridized carbons (Fsp3) is 0.150. The van der Waals surface area contributed by atoms with Crippen molar-refractivity contribution in [1.29, 1.82) is 0 Å². The van der Waals surface area contributed by atoms with Crippen LogP contribution in [0.2, 0.25) is 5.02 Å². The Bertz CT molecular complexity index is 1080. The van der Waals surface area contributed by atoms with E-state index in [-0.39, 0.29) is 28.5 Å². The number of methoxy groups -OCH3 is 1. The molecule has 1 aromatic heterocycles. The molecule has 1 N–H and O–H groups in total. The van der Waals surface area contributed by atoms with Crippen LogP contribution in [0.3, 0.4) is 0 Å². The van der Waals surface area contributed by atoms with Crippen LogP contribution >= 0.6 is 11.6 Å². The number of hydrogen-bond acceptors (Lipinski definition) is 4. The first kappa shape index (κ1) is 21.4. The van der Waals surface area contributed by atoms with Crippen molar-refractivity contribution in [2.45, 2.75) is 6.18 Å². The molecule has 0 spiro atoms. The molecular weight excluding hydrogens is 423 g/mol. The van der Waals surface area contributed by atoms with Crippen molar-refractivity contribution in [3.63, 3.8) is 0 Å². The molecule has 0 aliphatic rings. The maximum absolute atomic E-state index is 13.3. The van der Waals surface area contributed by atoms with E-state index in [1.165, 1.54) is 31.4 Å². The highest BCUT2D eigenvalue weighted by molar-refractivity contribution is 6.32. The van der Waals surface area contributed by atoms with Crippen molar-refractivity contribution >= 4 is 23.5 Å². The SMILES string of the molecule is COC(=O)CNC(=O)c1ccc(-c2cc(C(F)(F)F)nn2-c2ccccc2Cl)cc1. The van der Waals surface area contributed by atoms with E-state index in [0.29, 0.717) is 5.56 Å². The van der Waals surface area contributed by atoms with E-state index in [0.717, 1.165) is 10.7 Å². The van der Waals surface area contributed by atoms with Gasteiger partial charge in [-0.3, -0.25) is 9.59 Å². The number of nitrogens with zero attached hydrogens (tertiary/aromatic N) is 2. The van der Waals surface area contributed by atoms with Crippen LogP contribution in [-0.2, 0) is 15.7 Å². The third-order valence-corrected chi connectivity index (χ3v) is 4.46. The number of amides is 1. The summed E-state index contributed by atoms with van der Waals surface area (Å²) < 4.78 is 45.3. The minimum Gasteiger partial charge on any atom is -0.468 e. The molecule has 3 aromatic rings. The van der Waals surface area contributed by atoms with Gasteiger partial charge in [0.2, 0.25) is 0 Å². The largest absolute Gasteiger partial charge is 0.468 e. The average molecular weight is 438 g/mol. The highest BCUT2D eigenvalue weighted by atomic mass is 35.5. The molecule has 0 saturated heterocycles. The van der Waals surface area contributed by atoms with Crippen LogP contribution in [0.1, 0.15) is 16.1 Å². The van der Waals surface area contributed by atoms with Gasteiger partial charge in [0.05, 0.1) is 23.5 Å². The average Bonchev–Trinajstić information content (AvgIpc) is 3.18. The lowest BCUT2D eigenvalue weighted by Gasteiger charge is -2.10. The molecule has 6 nitrogen and oxygen atoms in total. The highest BCUT2D eigenvalue weighted by Gasteiger charge is 2.35. The standard InChI is InChI=1S/C20H15ClF3N3O3/c1-30-18(28)11-25-19(29)13-8-6-12(7-9-13)16-10-17(20(22,23)24)26-27(16)15-5-3-2-4-14(15)21/h2-10H,11H2,1H3,(H,25,29). The van der Waals surface area contributed by atoms with Gasteiger partial charge in [-0.05, 0) is 30.3 Å². The van der Waals surface area contributed by atoms with Crippen LogP contribution < -0.4 is 5.32 Å². The van der Waals surface area contributed by atoms with Gasteiger partial charge in [-0.1, -0.05) is 35.9 Å². The number of carbonyl (C=O) groups excluding carboxylic acids is 2. The predicted molar refractivity (Wildman–Crippen MR) is 103 cm³/mol. The Morgan fingerprint density at radius 2 is 1.80 bits per heavy atom. The lowest BCUT2D eigenvalue weighted by atomic mass is 10.1. The normalized spacial score (nSPS) is 11.2. The van der Waals surface area contributed by atoms with Gasteiger partial charge >= 0.3 is 12.1 Å². The van der Waals surface area contributed by atoms with Gasteiger partial charge < -0.3 is 10.1 Å². The lowest BCUT2D eigenvalue weighted by molar-refractivity contribution is -0.141. The zero-order valence-electron chi connectivity index (χ0n) is 15.5. The van der Waals surface area contributed by atoms with Crippen LogP contribution in [0, 0.1) is 0 Å². The summed E-state index contributed by atoms with van der Waals surface area (Å²) in [6, 6.07) is 13.1. The van der Waals surface area contributed by atoms with Crippen LogP contribution in [-0.4, -0.2) is 35.3 Å². The van der Waals surface area contributed by atoms with E-state index in [1.807, 2.05) is 0 Å². The molecule has 3 rings (SSSR count). The number of benzene rings is 2. The van der Waals surface area contributed by atoms with Gasteiger partial charge in [0.1, 0.15) is 6.54 Å². The van der Waals surface area contributed by atoms with Crippen LogP contribution in [0.25, 0.3) is 16.9 Å². The second kappa shape index (κ2) is 8.58. The van der Waals surface area contributed by atoms with E-state index in [9.17, 15) is 22.8 Å². The number of para-hydroxylation sites is 1. The minimum atomic E-state index is -4.64. The van der Waals surface area contributed by atoms with Gasteiger partial charge in [0.15, 0.2) is 5.69 Å². The van der Waals surface area contributed by atoms with E-state index in [1.54, 1.807) is 24.3 Å². The van der Waals surface area contributed by atoms with Crippen molar-refractivity contribution in [1.82, 2.24) is 15.1 Å². The third kappa shape index (κ3) is 4.62. The molecule has 0 radical (unpaired) electrons. The summed E-state index contributed by atoms with van der Waals surface area (Å²) in [5.74, 6) is -1.13. The Labute approximate surface area is 174 Å². The van der Waals surface area contributed by atoms with E-state index < -0.39 is 23.7 Å². The van der Waals surface area contributed by atoms with Crippen molar-refractivity contribution in [2.24, 2.45) is 0 Å². The molecule has 0 aliphatic heterocycles. The first-order valence-electron chi connectivity index (χ1n) is 8.58. The Kier molecular flexibility index (Phi) is 6.12. The Morgan fingerprint density at radius 1 is 1.13 bits per heavy atom. The maximum Gasteiger partial charge on any atom is 0.435 e. The molecule has 0 aliphatic carbocycles. The smallest absolute Gasteiger partial charge is 0.435 e. The zero-order chi connectivity index (χ0) is 21.9. The quantitative estimate of drug-likeness (QED) is 0.609. The second-order valence-electron chi connectivity index (χ2n) is 6.11. The zero-order valence-corrected chi connectivity index (χ0v) is 16.3. The molecule has 156 valence electrons. The molecule has 2 aromatic carbocycles. The number of carbonyl (C=O) groups is 2. The number of alkyl halides is 3. The molecule has 0 fully saturated rings. The Morgan fingerprint density at radius 3 is 2.40 bits per heavy atom. The van der Waals surface area contributed by atoms with Crippen molar-refractivity contribution < 1.29 is 27.5 Å². The maximum atomic E-state index is 13.3. The molecular formula is C20H15ClF3N3O3. The fourth-order valence-corrected chi connectivity index (χ4v) is 2.87. The molecule has 1 amide bonds. The molecule has 0 unspecified atom stereocenters. The molecule has 0 saturated carbocycles. The van der Waals surface area contributed by atoms with Crippen molar-refractivity contribution in [2.75, 3.05) is 13.7 Å². The summed E-state index contributed by atoms with van der Waals surface area (Å²) in [6.07, 6.45) is -4.64. The van der Waals surface area contributed by atoms with E-state index in [4.69, 9.17) is 11.6 Å². The number of rotatable bonds is 5. The molecule has 0 bridgehead atoms. The third-order valence-electron chi connectivity index (χ3n) is 4.14. The van der Waals surface area contributed by atoms with Crippen molar-refractivity contribution in [3.8, 4) is 16.9 Å². The van der Waals surface area contributed by atoms with Gasteiger partial charge in [0.25, 0.3) is 5.91 Å².